The Balaban J connectivity index is 1.00. The monoisotopic (exact) mass is 767 g/mol. The SMILES string of the molecule is CCOc1cccc(-c2ccc(CN3CCN(c4ccc(C(=O)NS(=O)(=O)c5ccc(NCCSc6ccccc6)c([N+](=O)[O-])c5)nn4)CC3)cc2C)c1. The van der Waals surface area contributed by atoms with E-state index in [2.05, 4.69) is 62.6 Å². The van der Waals surface area contributed by atoms with Gasteiger partial charge >= 0.3 is 0 Å². The second-order valence-electron chi connectivity index (χ2n) is 12.6. The number of amides is 1. The van der Waals surface area contributed by atoms with Crippen molar-refractivity contribution in [1.29, 1.82) is 0 Å². The molecule has 1 fully saturated rings. The van der Waals surface area contributed by atoms with Crippen molar-refractivity contribution in [2.75, 3.05) is 55.3 Å². The number of nitro benzene ring substituents is 1. The molecule has 6 rings (SSSR count). The van der Waals surface area contributed by atoms with Crippen molar-refractivity contribution < 1.29 is 22.9 Å². The number of thioether (sulfide) groups is 1. The molecule has 2 N–H and O–H groups in total. The highest BCUT2D eigenvalue weighted by Crippen LogP contribution is 2.30. The lowest BCUT2D eigenvalue weighted by atomic mass is 9.98. The number of carbonyl (C=O) groups is 1. The number of aryl methyl sites for hydroxylation is 1. The maximum atomic E-state index is 13.1. The van der Waals surface area contributed by atoms with Crippen molar-refractivity contribution in [2.24, 2.45) is 0 Å². The summed E-state index contributed by atoms with van der Waals surface area (Å²) in [6, 6.07) is 30.9. The summed E-state index contributed by atoms with van der Waals surface area (Å²) in [5.74, 6) is 1.07. The summed E-state index contributed by atoms with van der Waals surface area (Å²) in [5, 5.41) is 23.0. The fourth-order valence-corrected chi connectivity index (χ4v) is 7.93. The first kappa shape index (κ1) is 38.2. The number of aromatic nitrogens is 2. The Kier molecular flexibility index (Phi) is 12.4. The number of nitrogens with zero attached hydrogens (tertiary/aromatic N) is 5. The van der Waals surface area contributed by atoms with E-state index >= 15 is 0 Å². The van der Waals surface area contributed by atoms with Crippen LogP contribution in [0.4, 0.5) is 17.2 Å². The summed E-state index contributed by atoms with van der Waals surface area (Å²) >= 11 is 1.58. The van der Waals surface area contributed by atoms with Gasteiger partial charge in [0.25, 0.3) is 21.6 Å². The third-order valence-corrected chi connectivity index (χ3v) is 11.2. The molecule has 4 aromatic carbocycles. The molecular weight excluding hydrogens is 727 g/mol. The number of benzene rings is 4. The summed E-state index contributed by atoms with van der Waals surface area (Å²) in [6.45, 7) is 8.94. The fraction of sp³-hybridized carbons (Fsp3) is 0.256. The molecule has 1 aliphatic heterocycles. The van der Waals surface area contributed by atoms with E-state index in [0.29, 0.717) is 37.8 Å². The zero-order chi connectivity index (χ0) is 38.1. The molecule has 1 aliphatic rings. The van der Waals surface area contributed by atoms with Crippen LogP contribution in [0.1, 0.15) is 28.5 Å². The van der Waals surface area contributed by atoms with Crippen molar-refractivity contribution in [2.45, 2.75) is 30.2 Å². The van der Waals surface area contributed by atoms with Gasteiger partial charge in [-0.2, -0.15) is 0 Å². The van der Waals surface area contributed by atoms with E-state index in [9.17, 15) is 23.3 Å². The van der Waals surface area contributed by atoms with Gasteiger partial charge in [0.05, 0.1) is 16.4 Å². The molecule has 13 nitrogen and oxygen atoms in total. The van der Waals surface area contributed by atoms with Gasteiger partial charge in [-0.1, -0.05) is 48.5 Å². The van der Waals surface area contributed by atoms with Crippen molar-refractivity contribution in [3.05, 3.63) is 130 Å². The number of hydrogen-bond acceptors (Lipinski definition) is 12. The van der Waals surface area contributed by atoms with Gasteiger partial charge in [-0.3, -0.25) is 19.8 Å². The number of sulfonamides is 1. The molecule has 15 heteroatoms. The second-order valence-corrected chi connectivity index (χ2v) is 15.5. The summed E-state index contributed by atoms with van der Waals surface area (Å²) < 4.78 is 33.8. The Morgan fingerprint density at radius 3 is 2.43 bits per heavy atom. The molecule has 0 bridgehead atoms. The average Bonchev–Trinajstić information content (AvgIpc) is 3.17. The highest BCUT2D eigenvalue weighted by molar-refractivity contribution is 7.99. The van der Waals surface area contributed by atoms with E-state index in [1.807, 2.05) is 54.1 Å². The molecule has 0 atom stereocenters. The van der Waals surface area contributed by atoms with E-state index < -0.39 is 31.4 Å². The van der Waals surface area contributed by atoms with E-state index in [4.69, 9.17) is 4.74 Å². The zero-order valence-electron chi connectivity index (χ0n) is 30.0. The topological polar surface area (TPSA) is 160 Å². The maximum Gasteiger partial charge on any atom is 0.293 e. The first-order chi connectivity index (χ1) is 26.1. The standard InChI is InChI=1S/C39H41N7O6S2/c1-3-52-31-9-7-8-30(25-31)34-14-12-29(24-28(34)2)27-44-19-21-45(22-20-44)38-17-16-36(41-42-38)39(47)43-54(50,51)33-13-15-35(37(26-33)46(48)49)40-18-23-53-32-10-5-4-6-11-32/h4-17,24-26,40H,3,18-23,27H2,1-2H3,(H,43,47). The van der Waals surface area contributed by atoms with Gasteiger partial charge in [0.15, 0.2) is 11.5 Å². The van der Waals surface area contributed by atoms with Crippen LogP contribution < -0.4 is 19.7 Å². The van der Waals surface area contributed by atoms with Gasteiger partial charge in [0, 0.05) is 56.0 Å². The summed E-state index contributed by atoms with van der Waals surface area (Å²) in [7, 11) is -4.45. The van der Waals surface area contributed by atoms with Crippen LogP contribution in [0.15, 0.2) is 113 Å². The van der Waals surface area contributed by atoms with Crippen LogP contribution in [0, 0.1) is 17.0 Å². The smallest absolute Gasteiger partial charge is 0.293 e. The largest absolute Gasteiger partial charge is 0.494 e. The van der Waals surface area contributed by atoms with Crippen LogP contribution in [0.25, 0.3) is 11.1 Å². The molecule has 1 aromatic heterocycles. The van der Waals surface area contributed by atoms with Crippen molar-refractivity contribution in [3.63, 3.8) is 0 Å². The number of hydrogen-bond donors (Lipinski definition) is 2. The number of carbonyl (C=O) groups excluding carboxylic acids is 1. The lowest BCUT2D eigenvalue weighted by Gasteiger charge is -2.35. The minimum Gasteiger partial charge on any atom is -0.494 e. The predicted octanol–water partition coefficient (Wildman–Crippen LogP) is 6.40. The van der Waals surface area contributed by atoms with Crippen molar-refractivity contribution in [1.82, 2.24) is 19.8 Å². The lowest BCUT2D eigenvalue weighted by Crippen LogP contribution is -2.46. The molecule has 1 saturated heterocycles. The van der Waals surface area contributed by atoms with Crippen LogP contribution in [0.2, 0.25) is 0 Å². The van der Waals surface area contributed by atoms with Gasteiger partial charge in [0.2, 0.25) is 0 Å². The number of nitrogens with one attached hydrogen (secondary N) is 2. The van der Waals surface area contributed by atoms with E-state index in [-0.39, 0.29) is 11.4 Å². The normalized spacial score (nSPS) is 13.3. The average molecular weight is 768 g/mol. The van der Waals surface area contributed by atoms with Crippen LogP contribution in [0.5, 0.6) is 5.75 Å². The molecule has 0 saturated carbocycles. The molecule has 0 unspecified atom stereocenters. The number of piperazine rings is 1. The Morgan fingerprint density at radius 1 is 0.926 bits per heavy atom. The highest BCUT2D eigenvalue weighted by atomic mass is 32.2. The summed E-state index contributed by atoms with van der Waals surface area (Å²) in [4.78, 5) is 29.1. The number of nitro groups is 1. The first-order valence-corrected chi connectivity index (χ1v) is 20.0. The summed E-state index contributed by atoms with van der Waals surface area (Å²) in [6.07, 6.45) is 0. The molecule has 54 heavy (non-hydrogen) atoms. The van der Waals surface area contributed by atoms with Crippen LogP contribution in [-0.4, -0.2) is 79.4 Å². The zero-order valence-corrected chi connectivity index (χ0v) is 31.6. The molecule has 5 aromatic rings. The van der Waals surface area contributed by atoms with Crippen LogP contribution >= 0.6 is 11.8 Å². The Hall–Kier alpha value is -5.51. The quantitative estimate of drug-likeness (QED) is 0.0523. The molecular formula is C39H41N7O6S2. The third-order valence-electron chi connectivity index (χ3n) is 8.87. The van der Waals surface area contributed by atoms with Gasteiger partial charge in [-0.25, -0.2) is 13.1 Å². The van der Waals surface area contributed by atoms with Crippen LogP contribution in [-0.2, 0) is 16.6 Å². The van der Waals surface area contributed by atoms with Crippen LogP contribution in [0.3, 0.4) is 0 Å². The highest BCUT2D eigenvalue weighted by Gasteiger charge is 2.25. The maximum absolute atomic E-state index is 13.1. The van der Waals surface area contributed by atoms with Gasteiger partial charge in [-0.15, -0.1) is 22.0 Å². The Morgan fingerprint density at radius 2 is 1.72 bits per heavy atom. The summed E-state index contributed by atoms with van der Waals surface area (Å²) in [5.41, 5.74) is 4.27. The van der Waals surface area contributed by atoms with Crippen molar-refractivity contribution >= 4 is 44.9 Å². The Bertz CT molecular complexity index is 2200. The molecule has 0 aliphatic carbocycles. The van der Waals surface area contributed by atoms with E-state index in [1.54, 1.807) is 17.8 Å². The lowest BCUT2D eigenvalue weighted by molar-refractivity contribution is -0.384. The third kappa shape index (κ3) is 9.72. The van der Waals surface area contributed by atoms with E-state index in [0.717, 1.165) is 41.9 Å². The van der Waals surface area contributed by atoms with Crippen molar-refractivity contribution in [3.8, 4) is 16.9 Å². The molecule has 1 amide bonds. The predicted molar refractivity (Wildman–Crippen MR) is 211 cm³/mol. The first-order valence-electron chi connectivity index (χ1n) is 17.5. The van der Waals surface area contributed by atoms with Gasteiger partial charge < -0.3 is 15.0 Å². The minimum atomic E-state index is -4.45. The Labute approximate surface area is 319 Å². The number of rotatable bonds is 15. The molecule has 280 valence electrons. The molecule has 0 spiro atoms. The fourth-order valence-electron chi connectivity index (χ4n) is 6.16. The molecule has 2 heterocycles. The van der Waals surface area contributed by atoms with Gasteiger partial charge in [0.1, 0.15) is 11.4 Å². The minimum absolute atomic E-state index is 0.172. The van der Waals surface area contributed by atoms with Gasteiger partial charge in [-0.05, 0) is 84.6 Å². The number of ether oxygens (including phenoxy) is 1. The van der Waals surface area contributed by atoms with E-state index in [1.165, 1.54) is 34.9 Å². The number of anilines is 2. The second kappa shape index (κ2) is 17.5. The molecule has 0 radical (unpaired) electrons.